The van der Waals surface area contributed by atoms with Gasteiger partial charge in [0.05, 0.1) is 0 Å². The van der Waals surface area contributed by atoms with E-state index in [0.29, 0.717) is 12.1 Å². The second kappa shape index (κ2) is 17.9. The zero-order chi connectivity index (χ0) is 38.6. The van der Waals surface area contributed by atoms with E-state index < -0.39 is 0 Å². The van der Waals surface area contributed by atoms with E-state index in [4.69, 9.17) is 0 Å². The molecule has 10 fully saturated rings. The molecular formula is C52H68FeN4P2-6. The quantitative estimate of drug-likeness (QED) is 0.0770. The average Bonchev–Trinajstić information content (AvgIpc) is 3.97. The van der Waals surface area contributed by atoms with Crippen LogP contribution in [0.5, 0.6) is 0 Å². The van der Waals surface area contributed by atoms with Crippen LogP contribution in [-0.4, -0.2) is 62.7 Å². The van der Waals surface area contributed by atoms with E-state index in [1.807, 2.05) is 30.3 Å². The van der Waals surface area contributed by atoms with E-state index in [0.717, 1.165) is 97.9 Å². The SMILES string of the molecule is PC([c-]1cc(-c2ccccc2)c(-c2ccccc2)c1CP(C1C2CC3CC(C2)CC1C3)C1C2CC3CC(C2)CC1C3)(C1CNCCN1)C1CNCCN1.[Fe].[cH-]1[cH-][cH-][cH-][cH-]1. The minimum atomic E-state index is -0.178. The molecule has 4 nitrogen and oxygen atoms in total. The van der Waals surface area contributed by atoms with Crippen molar-refractivity contribution in [2.45, 2.75) is 98.9 Å². The van der Waals surface area contributed by atoms with Gasteiger partial charge in [0.2, 0.25) is 0 Å². The molecule has 4 aromatic carbocycles. The van der Waals surface area contributed by atoms with Gasteiger partial charge in [0.25, 0.3) is 0 Å². The van der Waals surface area contributed by atoms with Crippen molar-refractivity contribution in [3.8, 4) is 22.3 Å². The van der Waals surface area contributed by atoms with Gasteiger partial charge in [-0.15, -0.1) is 14.8 Å². The Morgan fingerprint density at radius 2 is 1.00 bits per heavy atom. The van der Waals surface area contributed by atoms with Gasteiger partial charge in [-0.2, -0.15) is 22.8 Å². The van der Waals surface area contributed by atoms with E-state index in [1.165, 1.54) is 22.9 Å². The molecule has 8 saturated carbocycles. The molecule has 3 unspecified atom stereocenters. The molecule has 4 N–H and O–H groups in total. The van der Waals surface area contributed by atoms with Crippen LogP contribution in [0, 0.1) is 47.3 Å². The van der Waals surface area contributed by atoms with Crippen LogP contribution in [-0.2, 0) is 28.4 Å². The maximum atomic E-state index is 4.11. The topological polar surface area (TPSA) is 48.1 Å². The molecule has 8 bridgehead atoms. The monoisotopic (exact) mass is 866 g/mol. The Hall–Kier alpha value is -1.64. The minimum Gasteiger partial charge on any atom is -0.748 e. The molecule has 4 aromatic rings. The zero-order valence-electron chi connectivity index (χ0n) is 35.1. The Morgan fingerprint density at radius 3 is 1.41 bits per heavy atom. The normalized spacial score (nSPS) is 36.9. The van der Waals surface area contributed by atoms with Gasteiger partial charge in [-0.1, -0.05) is 79.7 Å². The number of hydrogen-bond donors (Lipinski definition) is 4. The molecule has 7 heteroatoms. The summed E-state index contributed by atoms with van der Waals surface area (Å²) < 4.78 is 0. The average molecular weight is 867 g/mol. The van der Waals surface area contributed by atoms with Crippen LogP contribution < -0.4 is 21.3 Å². The Balaban J connectivity index is 0.000000655. The third-order valence-electron chi connectivity index (χ3n) is 17.0. The largest absolute Gasteiger partial charge is 0.748 e. The van der Waals surface area contributed by atoms with E-state index >= 15 is 0 Å². The maximum absolute atomic E-state index is 4.11. The molecule has 3 atom stereocenters. The summed E-state index contributed by atoms with van der Waals surface area (Å²) in [5, 5.41) is 15.8. The standard InChI is InChI=1S/C47H63N4P2.C5H5.Fe/c52-47(42-26-48-11-13-50-42,43-27-49-12-14-51-43)41-25-39(33-7-3-1-4-8-33)44(34-9-5-2-6-10-34)40(41)28-53(45-35-17-29-15-30(19-35)20-36(45)18-29)46-37-21-31-16-32(23-37)24-38(46)22-31;1-2-4-5-3-1;/h1-10,25,29-32,35-38,42-43,45-46,48-51H,11-24,26-28,52H2;1-5H;/q-1;-5;. The number of benzene rings is 2. The van der Waals surface area contributed by atoms with Crippen molar-refractivity contribution in [1.29, 1.82) is 0 Å². The number of nitrogens with one attached hydrogen (secondary N) is 4. The van der Waals surface area contributed by atoms with Crippen molar-refractivity contribution in [1.82, 2.24) is 21.3 Å². The molecule has 320 valence electrons. The predicted octanol–water partition coefficient (Wildman–Crippen LogP) is 9.97. The molecule has 0 amide bonds. The second-order valence-corrected chi connectivity index (χ2v) is 23.9. The first-order valence-corrected chi connectivity index (χ1v) is 25.9. The molecular weight excluding hydrogens is 798 g/mol. The summed E-state index contributed by atoms with van der Waals surface area (Å²) in [6.45, 7) is 6.18. The van der Waals surface area contributed by atoms with Crippen molar-refractivity contribution < 1.29 is 17.1 Å². The molecule has 14 rings (SSSR count). The van der Waals surface area contributed by atoms with E-state index in [-0.39, 0.29) is 30.1 Å². The molecule has 0 spiro atoms. The molecule has 0 aromatic heterocycles. The van der Waals surface area contributed by atoms with Crippen molar-refractivity contribution in [2.24, 2.45) is 47.3 Å². The van der Waals surface area contributed by atoms with Crippen LogP contribution in [0.4, 0.5) is 0 Å². The Kier molecular flexibility index (Phi) is 12.5. The Morgan fingerprint density at radius 1 is 0.576 bits per heavy atom. The van der Waals surface area contributed by atoms with Crippen molar-refractivity contribution in [3.63, 3.8) is 0 Å². The van der Waals surface area contributed by atoms with Gasteiger partial charge in [0, 0.05) is 68.4 Å². The van der Waals surface area contributed by atoms with Crippen LogP contribution in [0.2, 0.25) is 0 Å². The van der Waals surface area contributed by atoms with Crippen LogP contribution in [0.25, 0.3) is 22.3 Å². The molecule has 2 saturated heterocycles. The summed E-state index contributed by atoms with van der Waals surface area (Å²) in [4.78, 5) is 0. The molecule has 2 heterocycles. The number of rotatable bonds is 9. The zero-order valence-corrected chi connectivity index (χ0v) is 38.2. The second-order valence-electron chi connectivity index (χ2n) is 20.4. The fourth-order valence-electron chi connectivity index (χ4n) is 15.3. The van der Waals surface area contributed by atoms with E-state index in [2.05, 4.69) is 97.2 Å². The Bertz CT molecular complexity index is 1820. The predicted molar refractivity (Wildman–Crippen MR) is 248 cm³/mol. The first-order valence-electron chi connectivity index (χ1n) is 23.6. The van der Waals surface area contributed by atoms with E-state index in [9.17, 15) is 0 Å². The molecule has 10 aliphatic rings. The first kappa shape index (κ1) is 41.4. The molecule has 2 aliphatic heterocycles. The van der Waals surface area contributed by atoms with Gasteiger partial charge >= 0.3 is 0 Å². The van der Waals surface area contributed by atoms with E-state index in [1.54, 1.807) is 80.9 Å². The van der Waals surface area contributed by atoms with Crippen molar-refractivity contribution in [3.05, 3.63) is 108 Å². The number of piperazine rings is 2. The van der Waals surface area contributed by atoms with Crippen LogP contribution >= 0.6 is 17.2 Å². The summed E-state index contributed by atoms with van der Waals surface area (Å²) in [5.41, 5.74) is 11.2. The fraction of sp³-hybridized carbons (Fsp3) is 0.577. The van der Waals surface area contributed by atoms with Crippen LogP contribution in [0.15, 0.2) is 97.1 Å². The fourth-order valence-corrected chi connectivity index (χ4v) is 20.7. The van der Waals surface area contributed by atoms with Crippen molar-refractivity contribution >= 4 is 17.2 Å². The third kappa shape index (κ3) is 7.88. The minimum absolute atomic E-state index is 0. The number of hydrogen-bond acceptors (Lipinski definition) is 4. The van der Waals surface area contributed by atoms with Crippen LogP contribution in [0.3, 0.4) is 0 Å². The molecule has 0 radical (unpaired) electrons. The van der Waals surface area contributed by atoms with Gasteiger partial charge in [0.15, 0.2) is 0 Å². The first-order chi connectivity index (χ1) is 28.6. The summed E-state index contributed by atoms with van der Waals surface area (Å²) in [7, 11) is 3.42. The maximum Gasteiger partial charge on any atom is 0.0234 e. The smallest absolute Gasteiger partial charge is 0.0234 e. The Labute approximate surface area is 369 Å². The summed E-state index contributed by atoms with van der Waals surface area (Å²) in [5.74, 6) is 8.14. The van der Waals surface area contributed by atoms with Gasteiger partial charge < -0.3 is 51.6 Å². The van der Waals surface area contributed by atoms with Gasteiger partial charge in [-0.05, 0) is 134 Å². The third-order valence-corrected chi connectivity index (χ3v) is 22.1. The molecule has 59 heavy (non-hydrogen) atoms. The summed E-state index contributed by atoms with van der Waals surface area (Å²) in [6.07, 6.45) is 16.9. The van der Waals surface area contributed by atoms with Crippen molar-refractivity contribution in [2.75, 3.05) is 39.3 Å². The summed E-state index contributed by atoms with van der Waals surface area (Å²) >= 11 is 0. The van der Waals surface area contributed by atoms with Gasteiger partial charge in [-0.3, -0.25) is 0 Å². The molecule has 8 aliphatic carbocycles. The van der Waals surface area contributed by atoms with Gasteiger partial charge in [-0.25, -0.2) is 0 Å². The van der Waals surface area contributed by atoms with Crippen LogP contribution in [0.1, 0.15) is 75.3 Å². The van der Waals surface area contributed by atoms with Gasteiger partial charge in [0.1, 0.15) is 0 Å². The summed E-state index contributed by atoms with van der Waals surface area (Å²) in [6, 6.07) is 36.6.